The van der Waals surface area contributed by atoms with Gasteiger partial charge in [0.05, 0.1) is 18.0 Å². The van der Waals surface area contributed by atoms with Crippen LogP contribution in [0.5, 0.6) is 0 Å². The van der Waals surface area contributed by atoms with Gasteiger partial charge in [0.2, 0.25) is 10.0 Å². The highest BCUT2D eigenvalue weighted by Crippen LogP contribution is 2.38. The number of aliphatic hydroxyl groups is 1. The van der Waals surface area contributed by atoms with Crippen molar-refractivity contribution in [2.75, 3.05) is 30.2 Å². The minimum absolute atomic E-state index is 0.0623. The lowest BCUT2D eigenvalue weighted by Crippen LogP contribution is -2.43. The highest BCUT2D eigenvalue weighted by Gasteiger charge is 2.34. The molecule has 5 nitrogen and oxygen atoms in total. The number of hydrogen-bond donors (Lipinski definition) is 1. The number of nitrogens with zero attached hydrogens (tertiary/aromatic N) is 2. The van der Waals surface area contributed by atoms with Crippen molar-refractivity contribution in [3.63, 3.8) is 0 Å². The van der Waals surface area contributed by atoms with Crippen molar-refractivity contribution in [2.24, 2.45) is 11.8 Å². The van der Waals surface area contributed by atoms with Crippen molar-refractivity contribution in [3.8, 4) is 0 Å². The third kappa shape index (κ3) is 3.89. The average molecular weight is 393 g/mol. The van der Waals surface area contributed by atoms with Gasteiger partial charge in [-0.3, -0.25) is 4.31 Å². The number of sulfonamides is 1. The second-order valence-electron chi connectivity index (χ2n) is 8.87. The number of rotatable bonds is 4. The van der Waals surface area contributed by atoms with Crippen molar-refractivity contribution in [2.45, 2.75) is 57.6 Å². The first-order valence-electron chi connectivity index (χ1n) is 10.4. The molecule has 4 rings (SSSR count). The molecule has 0 unspecified atom stereocenters. The Morgan fingerprint density at radius 2 is 1.93 bits per heavy atom. The van der Waals surface area contributed by atoms with Gasteiger partial charge in [-0.2, -0.15) is 0 Å². The van der Waals surface area contributed by atoms with Gasteiger partial charge in [-0.25, -0.2) is 8.42 Å². The summed E-state index contributed by atoms with van der Waals surface area (Å²) in [4.78, 5) is 2.43. The molecular formula is C21H32N2O3S. The van der Waals surface area contributed by atoms with E-state index in [9.17, 15) is 13.5 Å². The van der Waals surface area contributed by atoms with E-state index in [4.69, 9.17) is 0 Å². The number of anilines is 1. The summed E-state index contributed by atoms with van der Waals surface area (Å²) in [5, 5.41) is 10.8. The van der Waals surface area contributed by atoms with Crippen LogP contribution in [0.15, 0.2) is 18.2 Å². The Hall–Kier alpha value is -1.11. The van der Waals surface area contributed by atoms with Crippen LogP contribution in [0.2, 0.25) is 0 Å². The lowest BCUT2D eigenvalue weighted by molar-refractivity contribution is 0.0459. The Morgan fingerprint density at radius 3 is 2.67 bits per heavy atom. The number of benzene rings is 1. The summed E-state index contributed by atoms with van der Waals surface area (Å²) >= 11 is 0. The second kappa shape index (κ2) is 7.37. The van der Waals surface area contributed by atoms with Crippen LogP contribution in [0.3, 0.4) is 0 Å². The first-order valence-corrected chi connectivity index (χ1v) is 12.2. The highest BCUT2D eigenvalue weighted by molar-refractivity contribution is 7.92. The van der Waals surface area contributed by atoms with E-state index < -0.39 is 16.1 Å². The van der Waals surface area contributed by atoms with Gasteiger partial charge in [0.1, 0.15) is 0 Å². The van der Waals surface area contributed by atoms with E-state index in [1.54, 1.807) is 0 Å². The average Bonchev–Trinajstić information content (AvgIpc) is 2.96. The van der Waals surface area contributed by atoms with E-state index in [1.165, 1.54) is 42.7 Å². The van der Waals surface area contributed by atoms with Gasteiger partial charge in [0.15, 0.2) is 0 Å². The third-order valence-corrected chi connectivity index (χ3v) is 8.08. The molecular weight excluding hydrogens is 360 g/mol. The molecule has 1 aromatic rings. The molecule has 1 saturated heterocycles. The van der Waals surface area contributed by atoms with Crippen LogP contribution in [0.4, 0.5) is 5.69 Å². The van der Waals surface area contributed by atoms with E-state index in [2.05, 4.69) is 4.90 Å². The SMILES string of the molecule is C[C@@H]1Cc2cc([C@H](O)CN3CC[C@@H]4CCCC[C@@H]4C3)ccc2N1S(C)(=O)=O. The summed E-state index contributed by atoms with van der Waals surface area (Å²) in [6.45, 7) is 4.81. The molecule has 27 heavy (non-hydrogen) atoms. The third-order valence-electron chi connectivity index (χ3n) is 6.81. The summed E-state index contributed by atoms with van der Waals surface area (Å²) in [7, 11) is -3.27. The monoisotopic (exact) mass is 392 g/mol. The minimum Gasteiger partial charge on any atom is -0.387 e. The molecule has 6 heteroatoms. The van der Waals surface area contributed by atoms with Crippen molar-refractivity contribution in [1.82, 2.24) is 4.90 Å². The molecule has 3 aliphatic rings. The summed E-state index contributed by atoms with van der Waals surface area (Å²) in [5.41, 5.74) is 2.70. The molecule has 150 valence electrons. The maximum Gasteiger partial charge on any atom is 0.232 e. The van der Waals surface area contributed by atoms with Crippen LogP contribution in [-0.4, -0.2) is 50.4 Å². The second-order valence-corrected chi connectivity index (χ2v) is 10.7. The van der Waals surface area contributed by atoms with E-state index in [-0.39, 0.29) is 6.04 Å². The molecule has 2 aliphatic heterocycles. The standard InChI is InChI=1S/C21H32N2O3S/c1-15-11-19-12-17(7-8-20(19)23(15)27(2,25)26)21(24)14-22-10-9-16-5-3-4-6-18(16)13-22/h7-8,12,15-16,18,21,24H,3-6,9-11,13-14H2,1-2H3/t15-,16+,18-,21-/m1/s1. The van der Waals surface area contributed by atoms with Crippen molar-refractivity contribution >= 4 is 15.7 Å². The molecule has 1 aliphatic carbocycles. The zero-order valence-corrected chi connectivity index (χ0v) is 17.3. The number of hydrogen-bond acceptors (Lipinski definition) is 4. The predicted molar refractivity (Wildman–Crippen MR) is 108 cm³/mol. The van der Waals surface area contributed by atoms with Crippen LogP contribution in [0, 0.1) is 11.8 Å². The Morgan fingerprint density at radius 1 is 1.19 bits per heavy atom. The smallest absolute Gasteiger partial charge is 0.232 e. The summed E-state index contributed by atoms with van der Waals surface area (Å²) < 4.78 is 25.7. The Kier molecular flexibility index (Phi) is 5.25. The maximum absolute atomic E-state index is 12.1. The van der Waals surface area contributed by atoms with Crippen molar-refractivity contribution in [3.05, 3.63) is 29.3 Å². The van der Waals surface area contributed by atoms with Gasteiger partial charge in [-0.15, -0.1) is 0 Å². The number of fused-ring (bicyclic) bond motifs is 2. The normalized spacial score (nSPS) is 30.0. The quantitative estimate of drug-likeness (QED) is 0.856. The van der Waals surface area contributed by atoms with Crippen LogP contribution in [0.1, 0.15) is 56.3 Å². The zero-order chi connectivity index (χ0) is 19.2. The molecule has 0 radical (unpaired) electrons. The predicted octanol–water partition coefficient (Wildman–Crippen LogP) is 2.94. The van der Waals surface area contributed by atoms with E-state index in [1.807, 2.05) is 25.1 Å². The number of likely N-dealkylation sites (tertiary alicyclic amines) is 1. The molecule has 0 bridgehead atoms. The van der Waals surface area contributed by atoms with Crippen LogP contribution in [0.25, 0.3) is 0 Å². The molecule has 1 aromatic carbocycles. The van der Waals surface area contributed by atoms with Gasteiger partial charge in [-0.05, 0) is 61.8 Å². The molecule has 2 fully saturated rings. The van der Waals surface area contributed by atoms with Gasteiger partial charge in [0.25, 0.3) is 0 Å². The summed E-state index contributed by atoms with van der Waals surface area (Å²) in [6, 6.07) is 5.71. The molecule has 0 aromatic heterocycles. The summed E-state index contributed by atoms with van der Waals surface area (Å²) in [6.07, 6.45) is 8.20. The Bertz CT molecular complexity index is 795. The first kappa shape index (κ1) is 19.2. The highest BCUT2D eigenvalue weighted by atomic mass is 32.2. The van der Waals surface area contributed by atoms with Crippen LogP contribution < -0.4 is 4.31 Å². The van der Waals surface area contributed by atoms with Crippen molar-refractivity contribution in [1.29, 1.82) is 0 Å². The Labute approximate surface area is 163 Å². The van der Waals surface area contributed by atoms with Gasteiger partial charge in [0, 0.05) is 19.1 Å². The first-order chi connectivity index (χ1) is 12.8. The topological polar surface area (TPSA) is 60.9 Å². The van der Waals surface area contributed by atoms with Gasteiger partial charge >= 0.3 is 0 Å². The van der Waals surface area contributed by atoms with Gasteiger partial charge < -0.3 is 10.0 Å². The molecule has 4 atom stereocenters. The lowest BCUT2D eigenvalue weighted by atomic mass is 9.75. The zero-order valence-electron chi connectivity index (χ0n) is 16.5. The van der Waals surface area contributed by atoms with Gasteiger partial charge in [-0.1, -0.05) is 31.4 Å². The molecule has 1 N–H and O–H groups in total. The largest absolute Gasteiger partial charge is 0.387 e. The van der Waals surface area contributed by atoms with Crippen LogP contribution >= 0.6 is 0 Å². The van der Waals surface area contributed by atoms with E-state index >= 15 is 0 Å². The van der Waals surface area contributed by atoms with E-state index in [0.717, 1.165) is 41.7 Å². The molecule has 2 heterocycles. The molecule has 0 amide bonds. The summed E-state index contributed by atoms with van der Waals surface area (Å²) in [5.74, 6) is 1.71. The van der Waals surface area contributed by atoms with E-state index in [0.29, 0.717) is 13.0 Å². The number of aliphatic hydroxyl groups excluding tert-OH is 1. The minimum atomic E-state index is -3.27. The number of piperidine rings is 1. The maximum atomic E-state index is 12.1. The fourth-order valence-electron chi connectivity index (χ4n) is 5.53. The lowest BCUT2D eigenvalue weighted by Gasteiger charge is -2.41. The number of β-amino-alcohol motifs (C(OH)–C–C–N with tert-alkyl or cyclic N) is 1. The fourth-order valence-corrected chi connectivity index (χ4v) is 6.79. The Balaban J connectivity index is 1.44. The van der Waals surface area contributed by atoms with Crippen molar-refractivity contribution < 1.29 is 13.5 Å². The molecule has 0 spiro atoms. The fraction of sp³-hybridized carbons (Fsp3) is 0.714. The van der Waals surface area contributed by atoms with Crippen LogP contribution in [-0.2, 0) is 16.4 Å². The molecule has 1 saturated carbocycles.